The first-order chi connectivity index (χ1) is 17.6. The molecular weight excluding hydrogens is 457 g/mol. The smallest absolute Gasteiger partial charge is 0.278 e. The standard InChI is InChI=1S/C27H30FN7O/c1-2-34-24(36)20-15-30-25(32-18-3-4-21-17(13-18)5-12-31-27(21)9-10-27)33-23(20)35(34)19-6-11-29-22(14-19)26(16-28)7-8-26/h3-4,6,11,13,15,22,31H,2,5,7-10,12,14,16H2,1H3,(H,30,32,33). The highest BCUT2D eigenvalue weighted by Crippen LogP contribution is 2.53. The van der Waals surface area contributed by atoms with E-state index in [4.69, 9.17) is 4.98 Å². The Morgan fingerprint density at radius 3 is 2.86 bits per heavy atom. The molecule has 2 N–H and O–H groups in total. The third kappa shape index (κ3) is 3.28. The van der Waals surface area contributed by atoms with Gasteiger partial charge in [0.15, 0.2) is 5.65 Å². The van der Waals surface area contributed by atoms with Crippen LogP contribution in [0.3, 0.4) is 0 Å². The number of nitrogens with zero attached hydrogens (tertiary/aromatic N) is 5. The SMILES string of the molecule is CCn1c(=O)c2cnc(Nc3ccc4c(c3)CCNC43CC3)nc2n1C1=CC=NC(C2(CF)CC2)C1. The average Bonchev–Trinajstić information content (AvgIpc) is 3.83. The first-order valence-electron chi connectivity index (χ1n) is 13.0. The molecule has 4 aliphatic rings. The molecule has 0 saturated heterocycles. The van der Waals surface area contributed by atoms with Crippen LogP contribution in [0, 0.1) is 5.41 Å². The van der Waals surface area contributed by atoms with Crippen molar-refractivity contribution >= 4 is 34.6 Å². The molecule has 3 aromatic rings. The van der Waals surface area contributed by atoms with Crippen molar-refractivity contribution < 1.29 is 4.39 Å². The predicted molar refractivity (Wildman–Crippen MR) is 139 cm³/mol. The Morgan fingerprint density at radius 1 is 1.25 bits per heavy atom. The minimum Gasteiger partial charge on any atom is -0.324 e. The van der Waals surface area contributed by atoms with Crippen LogP contribution in [0.1, 0.15) is 50.2 Å². The number of hydrogen-bond acceptors (Lipinski definition) is 6. The molecule has 0 bridgehead atoms. The summed E-state index contributed by atoms with van der Waals surface area (Å²) in [5.74, 6) is 0.448. The maximum atomic E-state index is 13.8. The lowest BCUT2D eigenvalue weighted by molar-refractivity contribution is 0.292. The monoisotopic (exact) mass is 487 g/mol. The lowest BCUT2D eigenvalue weighted by atomic mass is 9.92. The second-order valence-corrected chi connectivity index (χ2v) is 10.7. The summed E-state index contributed by atoms with van der Waals surface area (Å²) < 4.78 is 17.3. The van der Waals surface area contributed by atoms with Crippen molar-refractivity contribution in [1.82, 2.24) is 24.6 Å². The van der Waals surface area contributed by atoms with Crippen LogP contribution < -0.4 is 16.2 Å². The number of fused-ring (bicyclic) bond motifs is 3. The van der Waals surface area contributed by atoms with Gasteiger partial charge < -0.3 is 10.6 Å². The maximum absolute atomic E-state index is 13.8. The molecular formula is C27H30FN7O. The first kappa shape index (κ1) is 21.9. The van der Waals surface area contributed by atoms with Gasteiger partial charge in [-0.1, -0.05) is 6.07 Å². The third-order valence-corrected chi connectivity index (χ3v) is 8.53. The van der Waals surface area contributed by atoms with Gasteiger partial charge in [0.05, 0.1) is 12.7 Å². The molecule has 2 aliphatic heterocycles. The Morgan fingerprint density at radius 2 is 2.11 bits per heavy atom. The van der Waals surface area contributed by atoms with Crippen LogP contribution in [-0.4, -0.2) is 44.8 Å². The fraction of sp³-hybridized carbons (Fsp3) is 0.481. The number of aromatic nitrogens is 4. The molecule has 4 heterocycles. The van der Waals surface area contributed by atoms with E-state index in [2.05, 4.69) is 38.8 Å². The number of benzene rings is 1. The first-order valence-corrected chi connectivity index (χ1v) is 13.0. The largest absolute Gasteiger partial charge is 0.324 e. The number of alkyl halides is 1. The van der Waals surface area contributed by atoms with E-state index in [1.807, 2.05) is 17.7 Å². The Hall–Kier alpha value is -3.33. The van der Waals surface area contributed by atoms with Crippen LogP contribution in [0.2, 0.25) is 0 Å². The van der Waals surface area contributed by atoms with Crippen molar-refractivity contribution in [2.75, 3.05) is 18.5 Å². The second kappa shape index (κ2) is 7.83. The van der Waals surface area contributed by atoms with E-state index in [1.54, 1.807) is 17.1 Å². The topological polar surface area (TPSA) is 89.1 Å². The number of nitrogens with one attached hydrogen (secondary N) is 2. The summed E-state index contributed by atoms with van der Waals surface area (Å²) in [7, 11) is 0. The summed E-state index contributed by atoms with van der Waals surface area (Å²) in [6, 6.07) is 6.38. The Kier molecular flexibility index (Phi) is 4.77. The zero-order chi connectivity index (χ0) is 24.5. The normalized spacial score (nSPS) is 22.9. The average molecular weight is 488 g/mol. The highest BCUT2D eigenvalue weighted by Gasteiger charge is 2.50. The Labute approximate surface area is 208 Å². The van der Waals surface area contributed by atoms with Gasteiger partial charge in [0.25, 0.3) is 5.56 Å². The van der Waals surface area contributed by atoms with Crippen LogP contribution >= 0.6 is 0 Å². The zero-order valence-corrected chi connectivity index (χ0v) is 20.4. The van der Waals surface area contributed by atoms with Gasteiger partial charge in [0.1, 0.15) is 5.39 Å². The van der Waals surface area contributed by atoms with Crippen LogP contribution in [0.5, 0.6) is 0 Å². The lowest BCUT2D eigenvalue weighted by Gasteiger charge is -2.27. The maximum Gasteiger partial charge on any atom is 0.278 e. The van der Waals surface area contributed by atoms with Gasteiger partial charge in [-0.3, -0.25) is 14.2 Å². The second-order valence-electron chi connectivity index (χ2n) is 10.7. The molecule has 8 nitrogen and oxygen atoms in total. The van der Waals surface area contributed by atoms with Crippen LogP contribution in [-0.2, 0) is 18.5 Å². The van der Waals surface area contributed by atoms with E-state index >= 15 is 0 Å². The molecule has 0 radical (unpaired) electrons. The molecule has 0 amide bonds. The molecule has 1 unspecified atom stereocenters. The summed E-state index contributed by atoms with van der Waals surface area (Å²) >= 11 is 0. The fourth-order valence-corrected chi connectivity index (χ4v) is 6.04. The van der Waals surface area contributed by atoms with Crippen LogP contribution in [0.4, 0.5) is 16.0 Å². The Balaban J connectivity index is 1.25. The number of anilines is 2. The summed E-state index contributed by atoms with van der Waals surface area (Å²) in [5.41, 5.74) is 4.90. The van der Waals surface area contributed by atoms with E-state index in [0.29, 0.717) is 29.9 Å². The molecule has 2 fully saturated rings. The van der Waals surface area contributed by atoms with E-state index in [9.17, 15) is 9.18 Å². The minimum absolute atomic E-state index is 0.112. The van der Waals surface area contributed by atoms with Gasteiger partial charge in [0, 0.05) is 54.3 Å². The van der Waals surface area contributed by atoms with Crippen molar-refractivity contribution in [2.45, 2.75) is 63.6 Å². The number of hydrogen-bond donors (Lipinski definition) is 2. The molecule has 2 aromatic heterocycles. The molecule has 2 saturated carbocycles. The third-order valence-electron chi connectivity index (χ3n) is 8.53. The van der Waals surface area contributed by atoms with Crippen molar-refractivity contribution in [3.63, 3.8) is 0 Å². The summed E-state index contributed by atoms with van der Waals surface area (Å²) in [4.78, 5) is 27.0. The van der Waals surface area contributed by atoms with Gasteiger partial charge in [0.2, 0.25) is 5.95 Å². The summed E-state index contributed by atoms with van der Waals surface area (Å²) in [6.45, 7) is 3.07. The molecule has 1 spiro atoms. The zero-order valence-electron chi connectivity index (χ0n) is 20.4. The van der Waals surface area contributed by atoms with Crippen molar-refractivity contribution in [1.29, 1.82) is 0 Å². The van der Waals surface area contributed by atoms with Crippen molar-refractivity contribution in [2.24, 2.45) is 10.4 Å². The fourth-order valence-electron chi connectivity index (χ4n) is 6.04. The molecule has 1 atom stereocenters. The number of aliphatic imine (C=N–C) groups is 1. The van der Waals surface area contributed by atoms with Gasteiger partial charge in [-0.25, -0.2) is 14.3 Å². The highest BCUT2D eigenvalue weighted by atomic mass is 19.1. The molecule has 1 aromatic carbocycles. The van der Waals surface area contributed by atoms with Gasteiger partial charge in [-0.15, -0.1) is 0 Å². The number of dihydropyridines is 1. The van der Waals surface area contributed by atoms with E-state index in [0.717, 1.165) is 37.2 Å². The van der Waals surface area contributed by atoms with E-state index in [1.165, 1.54) is 24.0 Å². The van der Waals surface area contributed by atoms with Gasteiger partial charge in [-0.2, -0.15) is 4.98 Å². The minimum atomic E-state index is -0.358. The molecule has 7 rings (SSSR count). The van der Waals surface area contributed by atoms with E-state index < -0.39 is 0 Å². The van der Waals surface area contributed by atoms with E-state index in [-0.39, 0.29) is 29.2 Å². The predicted octanol–water partition coefficient (Wildman–Crippen LogP) is 3.93. The van der Waals surface area contributed by atoms with Gasteiger partial charge >= 0.3 is 0 Å². The molecule has 36 heavy (non-hydrogen) atoms. The lowest BCUT2D eigenvalue weighted by Crippen LogP contribution is -2.36. The quantitative estimate of drug-likeness (QED) is 0.550. The van der Waals surface area contributed by atoms with Gasteiger partial charge in [-0.05, 0) is 68.4 Å². The summed E-state index contributed by atoms with van der Waals surface area (Å²) in [5, 5.41) is 7.50. The number of rotatable bonds is 6. The van der Waals surface area contributed by atoms with Crippen LogP contribution in [0.15, 0.2) is 40.3 Å². The number of allylic oxidation sites excluding steroid dienone is 1. The highest BCUT2D eigenvalue weighted by molar-refractivity contribution is 5.85. The van der Waals surface area contributed by atoms with Crippen molar-refractivity contribution in [3.8, 4) is 0 Å². The molecule has 9 heteroatoms. The molecule has 2 aliphatic carbocycles. The Bertz CT molecular complexity index is 1490. The molecule has 186 valence electrons. The van der Waals surface area contributed by atoms with Crippen LogP contribution in [0.25, 0.3) is 16.7 Å². The summed E-state index contributed by atoms with van der Waals surface area (Å²) in [6.07, 6.45) is 11.0. The number of halogens is 1. The van der Waals surface area contributed by atoms with Crippen molar-refractivity contribution in [3.05, 3.63) is 52.0 Å².